The van der Waals surface area contributed by atoms with Crippen molar-refractivity contribution in [2.24, 2.45) is 0 Å². The molecule has 0 aliphatic heterocycles. The molecule has 0 saturated carbocycles. The van der Waals surface area contributed by atoms with Crippen LogP contribution in [-0.4, -0.2) is 9.97 Å². The highest BCUT2D eigenvalue weighted by Crippen LogP contribution is 2.34. The summed E-state index contributed by atoms with van der Waals surface area (Å²) in [4.78, 5) is 8.53. The number of aromatic nitrogens is 2. The number of nitrogens with one attached hydrogen (secondary N) is 1. The number of aromatic amines is 1. The number of H-pyrrole nitrogens is 1. The Balaban J connectivity index is 1.33. The molecule has 0 aliphatic carbocycles. The standard InChI is InChI=1S/C37H21BrF2N2/c38-32-3-1-2-31(24-32)37-41-35(29-16-8-25(9-17-29)4-6-27-12-20-33(39)21-13-27)36(42-37)30-18-10-26(11-19-30)5-7-28-14-22-34(40)23-15-28/h1-3,8-24H,(H,41,42). The van der Waals surface area contributed by atoms with Gasteiger partial charge in [0, 0.05) is 43.4 Å². The molecule has 5 heteroatoms. The highest BCUT2D eigenvalue weighted by atomic mass is 79.9. The Hall–Kier alpha value is -5.23. The Morgan fingerprint density at radius 3 is 1.45 bits per heavy atom. The van der Waals surface area contributed by atoms with Crippen LogP contribution in [0.2, 0.25) is 0 Å². The maximum Gasteiger partial charge on any atom is 0.138 e. The van der Waals surface area contributed by atoms with E-state index in [1.807, 2.05) is 72.8 Å². The molecular weight excluding hydrogens is 590 g/mol. The van der Waals surface area contributed by atoms with E-state index in [1.54, 1.807) is 24.3 Å². The predicted octanol–water partition coefficient (Wildman–Crippen LogP) is 9.25. The summed E-state index contributed by atoms with van der Waals surface area (Å²) in [5.74, 6) is 12.6. The van der Waals surface area contributed by atoms with Crippen LogP contribution >= 0.6 is 15.9 Å². The SMILES string of the molecule is Fc1ccc(C#Cc2ccc(-c3nc(-c4cccc(Br)c4)[nH]c3-c3ccc(C#Cc4ccc(F)cc4)cc3)cc2)cc1. The van der Waals surface area contributed by atoms with Crippen molar-refractivity contribution in [2.75, 3.05) is 0 Å². The maximum atomic E-state index is 13.2. The second-order valence-corrected chi connectivity index (χ2v) is 10.4. The number of hydrogen-bond donors (Lipinski definition) is 1. The molecule has 2 nitrogen and oxygen atoms in total. The lowest BCUT2D eigenvalue weighted by Gasteiger charge is -2.04. The second-order valence-electron chi connectivity index (χ2n) is 9.49. The summed E-state index contributed by atoms with van der Waals surface area (Å²) in [6, 6.07) is 36.1. The van der Waals surface area contributed by atoms with Crippen molar-refractivity contribution in [3.8, 4) is 57.6 Å². The van der Waals surface area contributed by atoms with Gasteiger partial charge >= 0.3 is 0 Å². The van der Waals surface area contributed by atoms with Crippen LogP contribution in [0.15, 0.2) is 126 Å². The summed E-state index contributed by atoms with van der Waals surface area (Å²) in [5.41, 5.74) is 7.75. The van der Waals surface area contributed by atoms with Crippen LogP contribution in [0.3, 0.4) is 0 Å². The molecule has 0 fully saturated rings. The fraction of sp³-hybridized carbons (Fsp3) is 0. The van der Waals surface area contributed by atoms with Crippen LogP contribution in [0.5, 0.6) is 0 Å². The van der Waals surface area contributed by atoms with Crippen LogP contribution in [0, 0.1) is 35.3 Å². The van der Waals surface area contributed by atoms with Gasteiger partial charge in [-0.15, -0.1) is 0 Å². The highest BCUT2D eigenvalue weighted by Gasteiger charge is 2.15. The van der Waals surface area contributed by atoms with E-state index < -0.39 is 0 Å². The second kappa shape index (κ2) is 12.1. The first-order chi connectivity index (χ1) is 20.5. The zero-order valence-electron chi connectivity index (χ0n) is 22.1. The van der Waals surface area contributed by atoms with Gasteiger partial charge in [-0.1, -0.05) is 76.0 Å². The van der Waals surface area contributed by atoms with Gasteiger partial charge in [-0.25, -0.2) is 13.8 Å². The Morgan fingerprint density at radius 2 is 0.976 bits per heavy atom. The zero-order chi connectivity index (χ0) is 28.9. The van der Waals surface area contributed by atoms with Crippen molar-refractivity contribution in [3.63, 3.8) is 0 Å². The van der Waals surface area contributed by atoms with E-state index in [2.05, 4.69) is 44.6 Å². The van der Waals surface area contributed by atoms with Crippen molar-refractivity contribution in [2.45, 2.75) is 0 Å². The van der Waals surface area contributed by atoms with Crippen molar-refractivity contribution in [1.29, 1.82) is 0 Å². The van der Waals surface area contributed by atoms with Gasteiger partial charge in [-0.3, -0.25) is 0 Å². The number of imidazole rings is 1. The molecule has 0 saturated heterocycles. The van der Waals surface area contributed by atoms with Gasteiger partial charge in [0.2, 0.25) is 0 Å². The Labute approximate surface area is 251 Å². The molecule has 0 unspecified atom stereocenters. The Bertz CT molecular complexity index is 1860. The van der Waals surface area contributed by atoms with E-state index in [-0.39, 0.29) is 11.6 Å². The highest BCUT2D eigenvalue weighted by molar-refractivity contribution is 9.10. The first kappa shape index (κ1) is 27.0. The normalized spacial score (nSPS) is 10.4. The number of rotatable bonds is 3. The third-order valence-corrected chi connectivity index (χ3v) is 7.02. The number of halogens is 3. The third kappa shape index (κ3) is 6.39. The minimum atomic E-state index is -0.283. The Morgan fingerprint density at radius 1 is 0.524 bits per heavy atom. The van der Waals surface area contributed by atoms with E-state index >= 15 is 0 Å². The van der Waals surface area contributed by atoms with Gasteiger partial charge < -0.3 is 4.98 Å². The van der Waals surface area contributed by atoms with E-state index in [4.69, 9.17) is 4.98 Å². The lowest BCUT2D eigenvalue weighted by Crippen LogP contribution is -1.86. The molecule has 200 valence electrons. The molecule has 6 rings (SSSR count). The minimum absolute atomic E-state index is 0.282. The minimum Gasteiger partial charge on any atom is -0.337 e. The fourth-order valence-electron chi connectivity index (χ4n) is 4.35. The monoisotopic (exact) mass is 610 g/mol. The molecule has 0 aliphatic rings. The van der Waals surface area contributed by atoms with E-state index in [9.17, 15) is 8.78 Å². The number of benzene rings is 5. The quantitative estimate of drug-likeness (QED) is 0.199. The zero-order valence-corrected chi connectivity index (χ0v) is 23.7. The fourth-order valence-corrected chi connectivity index (χ4v) is 4.75. The van der Waals surface area contributed by atoms with E-state index in [0.717, 1.165) is 60.6 Å². The van der Waals surface area contributed by atoms with Gasteiger partial charge in [0.1, 0.15) is 17.5 Å². The number of hydrogen-bond acceptors (Lipinski definition) is 1. The van der Waals surface area contributed by atoms with Crippen molar-refractivity contribution < 1.29 is 8.78 Å². The summed E-state index contributed by atoms with van der Waals surface area (Å²) in [6.07, 6.45) is 0. The summed E-state index contributed by atoms with van der Waals surface area (Å²) in [7, 11) is 0. The number of nitrogens with zero attached hydrogens (tertiary/aromatic N) is 1. The first-order valence-electron chi connectivity index (χ1n) is 13.1. The summed E-state index contributed by atoms with van der Waals surface area (Å²) in [5, 5.41) is 0. The molecular formula is C37H21BrF2N2. The molecule has 0 bridgehead atoms. The summed E-state index contributed by atoms with van der Waals surface area (Å²) in [6.45, 7) is 0. The molecule has 5 aromatic carbocycles. The molecule has 0 spiro atoms. The van der Waals surface area contributed by atoms with Gasteiger partial charge in [-0.05, 0) is 84.9 Å². The van der Waals surface area contributed by atoms with Gasteiger partial charge in [0.25, 0.3) is 0 Å². The lowest BCUT2D eigenvalue weighted by molar-refractivity contribution is 0.627. The summed E-state index contributed by atoms with van der Waals surface area (Å²) >= 11 is 3.56. The summed E-state index contributed by atoms with van der Waals surface area (Å²) < 4.78 is 27.4. The first-order valence-corrected chi connectivity index (χ1v) is 13.9. The molecule has 1 heterocycles. The van der Waals surface area contributed by atoms with Crippen LogP contribution in [0.1, 0.15) is 22.3 Å². The van der Waals surface area contributed by atoms with Crippen molar-refractivity contribution in [1.82, 2.24) is 9.97 Å². The molecule has 0 amide bonds. The van der Waals surface area contributed by atoms with Gasteiger partial charge in [-0.2, -0.15) is 0 Å². The average Bonchev–Trinajstić information content (AvgIpc) is 3.47. The van der Waals surface area contributed by atoms with Crippen molar-refractivity contribution >= 4 is 15.9 Å². The maximum absolute atomic E-state index is 13.2. The molecule has 42 heavy (non-hydrogen) atoms. The van der Waals surface area contributed by atoms with E-state index in [0.29, 0.717) is 0 Å². The molecule has 1 N–H and O–H groups in total. The molecule has 0 radical (unpaired) electrons. The molecule has 0 atom stereocenters. The van der Waals surface area contributed by atoms with Crippen LogP contribution in [0.4, 0.5) is 8.78 Å². The van der Waals surface area contributed by atoms with Crippen LogP contribution in [-0.2, 0) is 0 Å². The van der Waals surface area contributed by atoms with Gasteiger partial charge in [0.05, 0.1) is 11.4 Å². The largest absolute Gasteiger partial charge is 0.337 e. The van der Waals surface area contributed by atoms with E-state index in [1.165, 1.54) is 24.3 Å². The predicted molar refractivity (Wildman–Crippen MR) is 167 cm³/mol. The molecule has 6 aromatic rings. The smallest absolute Gasteiger partial charge is 0.138 e. The lowest BCUT2D eigenvalue weighted by atomic mass is 10.0. The van der Waals surface area contributed by atoms with Crippen LogP contribution < -0.4 is 0 Å². The third-order valence-electron chi connectivity index (χ3n) is 6.52. The average molecular weight is 611 g/mol. The topological polar surface area (TPSA) is 28.7 Å². The van der Waals surface area contributed by atoms with Gasteiger partial charge in [0.15, 0.2) is 0 Å². The molecule has 1 aromatic heterocycles. The van der Waals surface area contributed by atoms with Crippen LogP contribution in [0.25, 0.3) is 33.9 Å². The van der Waals surface area contributed by atoms with Crippen molar-refractivity contribution in [3.05, 3.63) is 160 Å². The Kier molecular flexibility index (Phi) is 7.77.